The van der Waals surface area contributed by atoms with Crippen LogP contribution in [0.1, 0.15) is 6.92 Å². The quantitative estimate of drug-likeness (QED) is 0.135. The summed E-state index contributed by atoms with van der Waals surface area (Å²) in [6, 6.07) is -1.39. The SMILES string of the molecule is CC(=O)N[C@@H]1[C@@H](O[C@H]2O[C@H](CO)[C@H](O[C@@H]3O[C@H](CO)[C@@H](O)[C@H](O)[C@@H]3O)[C@H](O)[C@H]2O)[C@H](O)[C@@H](CO)O[C@H]1O. The molecule has 3 rings (SSSR count). The van der Waals surface area contributed by atoms with E-state index in [0.29, 0.717) is 0 Å². The first-order chi connectivity index (χ1) is 17.4. The van der Waals surface area contributed by atoms with Crippen LogP contribution in [0.15, 0.2) is 0 Å². The zero-order chi connectivity index (χ0) is 27.6. The fourth-order valence-electron chi connectivity index (χ4n) is 4.46. The Labute approximate surface area is 210 Å². The van der Waals surface area contributed by atoms with Crippen molar-refractivity contribution < 1.29 is 79.5 Å². The van der Waals surface area contributed by atoms with Gasteiger partial charge in [0.15, 0.2) is 18.9 Å². The van der Waals surface area contributed by atoms with Gasteiger partial charge in [0.25, 0.3) is 0 Å². The Morgan fingerprint density at radius 2 is 1.14 bits per heavy atom. The minimum absolute atomic E-state index is 0.637. The minimum atomic E-state index is -1.93. The molecule has 216 valence electrons. The summed E-state index contributed by atoms with van der Waals surface area (Å²) in [4.78, 5) is 11.6. The van der Waals surface area contributed by atoms with Crippen molar-refractivity contribution >= 4 is 5.91 Å². The van der Waals surface area contributed by atoms with Gasteiger partial charge in [0, 0.05) is 6.92 Å². The van der Waals surface area contributed by atoms with Gasteiger partial charge in [-0.15, -0.1) is 0 Å². The summed E-state index contributed by atoms with van der Waals surface area (Å²) in [6.07, 6.45) is -23.3. The Balaban J connectivity index is 1.76. The Bertz CT molecular complexity index is 743. The van der Waals surface area contributed by atoms with Gasteiger partial charge in [0.1, 0.15) is 73.2 Å². The van der Waals surface area contributed by atoms with Crippen LogP contribution in [-0.2, 0) is 28.5 Å². The Hall–Kier alpha value is -1.13. The number of carbonyl (C=O) groups excluding carboxylic acids is 1. The number of nitrogens with one attached hydrogen (secondary N) is 1. The molecule has 17 heteroatoms. The summed E-state index contributed by atoms with van der Waals surface area (Å²) in [6.45, 7) is -1.21. The molecular weight excluding hydrogens is 510 g/mol. The van der Waals surface area contributed by atoms with Crippen LogP contribution >= 0.6 is 0 Å². The lowest BCUT2D eigenvalue weighted by molar-refractivity contribution is -0.372. The van der Waals surface area contributed by atoms with Gasteiger partial charge in [-0.05, 0) is 0 Å². The van der Waals surface area contributed by atoms with Crippen molar-refractivity contribution in [2.24, 2.45) is 0 Å². The fraction of sp³-hybridized carbons (Fsp3) is 0.950. The maximum absolute atomic E-state index is 11.6. The number of amides is 1. The molecule has 0 aromatic carbocycles. The van der Waals surface area contributed by atoms with Crippen molar-refractivity contribution in [1.29, 1.82) is 0 Å². The lowest BCUT2D eigenvalue weighted by Gasteiger charge is -2.48. The smallest absolute Gasteiger partial charge is 0.217 e. The van der Waals surface area contributed by atoms with Crippen molar-refractivity contribution in [3.05, 3.63) is 0 Å². The van der Waals surface area contributed by atoms with Crippen molar-refractivity contribution in [1.82, 2.24) is 5.32 Å². The Morgan fingerprint density at radius 1 is 0.649 bits per heavy atom. The second-order valence-corrected chi connectivity index (χ2v) is 9.07. The lowest BCUT2D eigenvalue weighted by atomic mass is 9.95. The van der Waals surface area contributed by atoms with E-state index in [1.165, 1.54) is 0 Å². The maximum Gasteiger partial charge on any atom is 0.217 e. The summed E-state index contributed by atoms with van der Waals surface area (Å²) in [5, 5.41) is 103. The van der Waals surface area contributed by atoms with Crippen LogP contribution in [-0.4, -0.2) is 169 Å². The number of hydrogen-bond donors (Lipinski definition) is 11. The second kappa shape index (κ2) is 12.8. The zero-order valence-electron chi connectivity index (χ0n) is 19.7. The molecule has 0 aliphatic carbocycles. The zero-order valence-corrected chi connectivity index (χ0v) is 19.7. The predicted octanol–water partition coefficient (Wildman–Crippen LogP) is -7.43. The molecule has 1 amide bonds. The van der Waals surface area contributed by atoms with Gasteiger partial charge in [0.2, 0.25) is 5.91 Å². The van der Waals surface area contributed by atoms with E-state index >= 15 is 0 Å². The van der Waals surface area contributed by atoms with E-state index in [0.717, 1.165) is 6.92 Å². The highest BCUT2D eigenvalue weighted by molar-refractivity contribution is 5.73. The van der Waals surface area contributed by atoms with Gasteiger partial charge in [0.05, 0.1) is 19.8 Å². The summed E-state index contributed by atoms with van der Waals surface area (Å²) in [5.74, 6) is -0.637. The van der Waals surface area contributed by atoms with E-state index in [-0.39, 0.29) is 0 Å². The molecule has 3 saturated heterocycles. The molecule has 3 heterocycles. The van der Waals surface area contributed by atoms with Crippen molar-refractivity contribution in [3.8, 4) is 0 Å². The molecule has 15 atom stereocenters. The summed E-state index contributed by atoms with van der Waals surface area (Å²) >= 11 is 0. The van der Waals surface area contributed by atoms with Gasteiger partial charge in [-0.2, -0.15) is 0 Å². The van der Waals surface area contributed by atoms with Gasteiger partial charge in [-0.1, -0.05) is 0 Å². The Morgan fingerprint density at radius 3 is 1.68 bits per heavy atom. The molecule has 0 aromatic heterocycles. The molecule has 3 fully saturated rings. The maximum atomic E-state index is 11.6. The number of ether oxygens (including phenoxy) is 5. The van der Waals surface area contributed by atoms with Crippen molar-refractivity contribution in [2.45, 2.75) is 99.0 Å². The van der Waals surface area contributed by atoms with Crippen LogP contribution < -0.4 is 5.32 Å². The van der Waals surface area contributed by atoms with Crippen LogP contribution in [0.25, 0.3) is 0 Å². The average molecular weight is 545 g/mol. The molecule has 0 aromatic rings. The van der Waals surface area contributed by atoms with Gasteiger partial charge in [-0.3, -0.25) is 4.79 Å². The normalized spacial score (nSPS) is 49.0. The van der Waals surface area contributed by atoms with Crippen LogP contribution in [0.5, 0.6) is 0 Å². The van der Waals surface area contributed by atoms with E-state index in [2.05, 4.69) is 5.32 Å². The van der Waals surface area contributed by atoms with E-state index in [1.54, 1.807) is 0 Å². The van der Waals surface area contributed by atoms with Gasteiger partial charge < -0.3 is 80.1 Å². The van der Waals surface area contributed by atoms with Gasteiger partial charge in [-0.25, -0.2) is 0 Å². The molecule has 11 N–H and O–H groups in total. The highest BCUT2D eigenvalue weighted by Gasteiger charge is 2.53. The van der Waals surface area contributed by atoms with Crippen molar-refractivity contribution in [2.75, 3.05) is 19.8 Å². The summed E-state index contributed by atoms with van der Waals surface area (Å²) < 4.78 is 26.9. The first-order valence-corrected chi connectivity index (χ1v) is 11.6. The van der Waals surface area contributed by atoms with E-state index < -0.39 is 118 Å². The average Bonchev–Trinajstić information content (AvgIpc) is 2.87. The summed E-state index contributed by atoms with van der Waals surface area (Å²) in [5.41, 5.74) is 0. The number of hydrogen-bond acceptors (Lipinski definition) is 16. The van der Waals surface area contributed by atoms with Gasteiger partial charge >= 0.3 is 0 Å². The number of aliphatic hydroxyl groups is 10. The third-order valence-electron chi connectivity index (χ3n) is 6.49. The molecule has 3 aliphatic rings. The molecule has 0 spiro atoms. The van der Waals surface area contributed by atoms with Crippen molar-refractivity contribution in [3.63, 3.8) is 0 Å². The number of carbonyl (C=O) groups is 1. The van der Waals surface area contributed by atoms with Crippen LogP contribution in [0.2, 0.25) is 0 Å². The largest absolute Gasteiger partial charge is 0.394 e. The molecule has 17 nitrogen and oxygen atoms in total. The summed E-state index contributed by atoms with van der Waals surface area (Å²) in [7, 11) is 0. The molecule has 37 heavy (non-hydrogen) atoms. The molecular formula is C20H35NO16. The first-order valence-electron chi connectivity index (χ1n) is 11.6. The van der Waals surface area contributed by atoms with E-state index in [4.69, 9.17) is 23.7 Å². The van der Waals surface area contributed by atoms with E-state index in [9.17, 15) is 55.9 Å². The van der Waals surface area contributed by atoms with Crippen LogP contribution in [0.4, 0.5) is 0 Å². The molecule has 3 aliphatic heterocycles. The molecule has 0 unspecified atom stereocenters. The minimum Gasteiger partial charge on any atom is -0.394 e. The Kier molecular flexibility index (Phi) is 10.5. The van der Waals surface area contributed by atoms with Crippen LogP contribution in [0, 0.1) is 0 Å². The lowest BCUT2D eigenvalue weighted by Crippen LogP contribution is -2.68. The molecule has 0 saturated carbocycles. The monoisotopic (exact) mass is 545 g/mol. The number of aliphatic hydroxyl groups excluding tert-OH is 10. The molecule has 0 bridgehead atoms. The first kappa shape index (κ1) is 30.4. The highest BCUT2D eigenvalue weighted by Crippen LogP contribution is 2.32. The predicted molar refractivity (Wildman–Crippen MR) is 113 cm³/mol. The fourth-order valence-corrected chi connectivity index (χ4v) is 4.46. The third-order valence-corrected chi connectivity index (χ3v) is 6.49. The number of rotatable bonds is 8. The highest BCUT2D eigenvalue weighted by atomic mass is 16.7. The second-order valence-electron chi connectivity index (χ2n) is 9.07. The van der Waals surface area contributed by atoms with E-state index in [1.807, 2.05) is 0 Å². The standard InChI is InChI=1S/C20H35NO16/c1-5(25)21-9-17(11(27)7(3-23)33-18(9)32)37-20-15(31)13(29)16(8(4-24)35-20)36-19-14(30)12(28)10(26)6(2-22)34-19/h6-20,22-24,26-32H,2-4H2,1H3,(H,21,25)/t6-,7-,8-,9-,10-,11-,12+,13-,14+,15-,16+,17-,18-,19+,20-/m1/s1. The molecule has 0 radical (unpaired) electrons. The topological polar surface area (TPSA) is 278 Å². The van der Waals surface area contributed by atoms with Crippen LogP contribution in [0.3, 0.4) is 0 Å². The third kappa shape index (κ3) is 6.38.